The van der Waals surface area contributed by atoms with Gasteiger partial charge in [-0.05, 0) is 17.9 Å². The SMILES string of the molecule is C[C@H]1C=C(CC(F)CC(=O)O)C=CC1. The number of hydrogen-bond acceptors (Lipinski definition) is 1. The van der Waals surface area contributed by atoms with Gasteiger partial charge in [0.25, 0.3) is 0 Å². The van der Waals surface area contributed by atoms with Crippen LogP contribution in [0.4, 0.5) is 4.39 Å². The largest absolute Gasteiger partial charge is 0.481 e. The van der Waals surface area contributed by atoms with Crippen LogP contribution in [0.25, 0.3) is 0 Å². The molecular weight excluding hydrogens is 183 g/mol. The molecule has 2 nitrogen and oxygen atoms in total. The van der Waals surface area contributed by atoms with Crippen molar-refractivity contribution in [2.24, 2.45) is 5.92 Å². The molecule has 0 fully saturated rings. The molecule has 1 aliphatic carbocycles. The van der Waals surface area contributed by atoms with Crippen molar-refractivity contribution in [1.82, 2.24) is 0 Å². The third kappa shape index (κ3) is 3.73. The van der Waals surface area contributed by atoms with Crippen molar-refractivity contribution in [3.05, 3.63) is 23.8 Å². The van der Waals surface area contributed by atoms with Gasteiger partial charge < -0.3 is 5.11 Å². The van der Waals surface area contributed by atoms with Crippen LogP contribution in [0.5, 0.6) is 0 Å². The fourth-order valence-corrected chi connectivity index (χ4v) is 1.58. The van der Waals surface area contributed by atoms with Crippen LogP contribution in [-0.4, -0.2) is 17.2 Å². The summed E-state index contributed by atoms with van der Waals surface area (Å²) in [5.74, 6) is -0.641. The van der Waals surface area contributed by atoms with E-state index < -0.39 is 18.6 Å². The molecule has 0 amide bonds. The third-order valence-corrected chi connectivity index (χ3v) is 2.19. The minimum atomic E-state index is -1.27. The maximum absolute atomic E-state index is 13.1. The Hall–Kier alpha value is -1.12. The molecule has 1 aliphatic rings. The van der Waals surface area contributed by atoms with Crippen molar-refractivity contribution >= 4 is 5.97 Å². The minimum absolute atomic E-state index is 0.215. The molecule has 1 unspecified atom stereocenters. The summed E-state index contributed by atoms with van der Waals surface area (Å²) in [6.45, 7) is 2.06. The Kier molecular flexibility index (Phi) is 3.86. The standard InChI is InChI=1S/C11H15FO2/c1-8-3-2-4-9(5-8)6-10(12)7-11(13)14/h2,4-5,8,10H,3,6-7H2,1H3,(H,13,14)/t8-,10?/m1/s1. The average molecular weight is 198 g/mol. The molecule has 2 atom stereocenters. The van der Waals surface area contributed by atoms with Gasteiger partial charge in [-0.3, -0.25) is 4.79 Å². The molecule has 0 aliphatic heterocycles. The Morgan fingerprint density at radius 1 is 1.79 bits per heavy atom. The maximum atomic E-state index is 13.1. The van der Waals surface area contributed by atoms with Crippen molar-refractivity contribution in [1.29, 1.82) is 0 Å². The summed E-state index contributed by atoms with van der Waals surface area (Å²) in [6.07, 6.45) is 5.43. The zero-order valence-corrected chi connectivity index (χ0v) is 8.24. The van der Waals surface area contributed by atoms with Crippen molar-refractivity contribution in [3.8, 4) is 0 Å². The molecule has 0 aromatic heterocycles. The molecule has 0 spiro atoms. The lowest BCUT2D eigenvalue weighted by Gasteiger charge is -2.13. The summed E-state index contributed by atoms with van der Waals surface area (Å²) in [5.41, 5.74) is 0.914. The van der Waals surface area contributed by atoms with E-state index in [-0.39, 0.29) is 6.42 Å². The lowest BCUT2D eigenvalue weighted by atomic mass is 9.94. The highest BCUT2D eigenvalue weighted by atomic mass is 19.1. The van der Waals surface area contributed by atoms with Crippen LogP contribution >= 0.6 is 0 Å². The summed E-state index contributed by atoms with van der Waals surface area (Å²) in [6, 6.07) is 0. The fourth-order valence-electron chi connectivity index (χ4n) is 1.58. The van der Waals surface area contributed by atoms with Crippen LogP contribution < -0.4 is 0 Å². The first-order valence-electron chi connectivity index (χ1n) is 4.81. The number of allylic oxidation sites excluding steroid dienone is 4. The van der Waals surface area contributed by atoms with Gasteiger partial charge in [0.05, 0.1) is 6.42 Å². The predicted octanol–water partition coefficient (Wildman–Crippen LogP) is 2.71. The van der Waals surface area contributed by atoms with Crippen LogP contribution in [0.15, 0.2) is 23.8 Å². The second kappa shape index (κ2) is 4.94. The fraction of sp³-hybridized carbons (Fsp3) is 0.545. The number of halogens is 1. The molecule has 0 heterocycles. The third-order valence-electron chi connectivity index (χ3n) is 2.19. The molecule has 1 rings (SSSR count). The van der Waals surface area contributed by atoms with E-state index in [4.69, 9.17) is 5.11 Å². The first-order chi connectivity index (χ1) is 6.58. The highest BCUT2D eigenvalue weighted by Gasteiger charge is 2.14. The van der Waals surface area contributed by atoms with Crippen LogP contribution in [0.3, 0.4) is 0 Å². The second-order valence-electron chi connectivity index (χ2n) is 3.76. The Bertz CT molecular complexity index is 268. The second-order valence-corrected chi connectivity index (χ2v) is 3.76. The Morgan fingerprint density at radius 2 is 2.50 bits per heavy atom. The summed E-state index contributed by atoms with van der Waals surface area (Å²) in [7, 11) is 0. The van der Waals surface area contributed by atoms with Crippen molar-refractivity contribution in [2.75, 3.05) is 0 Å². The van der Waals surface area contributed by atoms with Gasteiger partial charge in [0.15, 0.2) is 0 Å². The molecule has 1 N–H and O–H groups in total. The van der Waals surface area contributed by atoms with Crippen molar-refractivity contribution in [3.63, 3.8) is 0 Å². The first-order valence-corrected chi connectivity index (χ1v) is 4.81. The van der Waals surface area contributed by atoms with E-state index in [0.29, 0.717) is 5.92 Å². The van der Waals surface area contributed by atoms with Gasteiger partial charge >= 0.3 is 5.97 Å². The molecule has 0 aromatic rings. The monoisotopic (exact) mass is 198 g/mol. The van der Waals surface area contributed by atoms with Crippen molar-refractivity contribution in [2.45, 2.75) is 32.4 Å². The number of carboxylic acid groups (broad SMARTS) is 1. The normalized spacial score (nSPS) is 23.0. The number of alkyl halides is 1. The predicted molar refractivity (Wildman–Crippen MR) is 52.8 cm³/mol. The van der Waals surface area contributed by atoms with E-state index in [9.17, 15) is 9.18 Å². The highest BCUT2D eigenvalue weighted by molar-refractivity contribution is 5.67. The zero-order chi connectivity index (χ0) is 10.6. The Labute approximate surface area is 83.1 Å². The van der Waals surface area contributed by atoms with E-state index in [1.165, 1.54) is 0 Å². The van der Waals surface area contributed by atoms with Crippen LogP contribution in [-0.2, 0) is 4.79 Å². The molecule has 0 radical (unpaired) electrons. The topological polar surface area (TPSA) is 37.3 Å². The van der Waals surface area contributed by atoms with Gasteiger partial charge in [0.1, 0.15) is 6.17 Å². The summed E-state index contributed by atoms with van der Waals surface area (Å²) in [5, 5.41) is 8.39. The maximum Gasteiger partial charge on any atom is 0.306 e. The van der Waals surface area contributed by atoms with Gasteiger partial charge in [0.2, 0.25) is 0 Å². The highest BCUT2D eigenvalue weighted by Crippen LogP contribution is 2.21. The lowest BCUT2D eigenvalue weighted by Crippen LogP contribution is -2.09. The number of rotatable bonds is 4. The number of carboxylic acids is 1. The number of hydrogen-bond donors (Lipinski definition) is 1. The molecule has 0 saturated carbocycles. The van der Waals surface area contributed by atoms with Crippen molar-refractivity contribution < 1.29 is 14.3 Å². The molecule has 0 aromatic carbocycles. The molecule has 0 saturated heterocycles. The molecular formula is C11H15FO2. The number of carbonyl (C=O) groups is 1. The van der Waals surface area contributed by atoms with Gasteiger partial charge in [-0.1, -0.05) is 25.2 Å². The van der Waals surface area contributed by atoms with E-state index in [1.807, 2.05) is 18.2 Å². The number of aliphatic carboxylic acids is 1. The molecule has 78 valence electrons. The van der Waals surface area contributed by atoms with E-state index in [0.717, 1.165) is 12.0 Å². The molecule has 14 heavy (non-hydrogen) atoms. The average Bonchev–Trinajstić information content (AvgIpc) is 2.01. The first kappa shape index (κ1) is 11.0. The van der Waals surface area contributed by atoms with E-state index in [1.54, 1.807) is 0 Å². The van der Waals surface area contributed by atoms with Gasteiger partial charge in [-0.2, -0.15) is 0 Å². The molecule has 0 bridgehead atoms. The van der Waals surface area contributed by atoms with Gasteiger partial charge in [-0.15, -0.1) is 0 Å². The van der Waals surface area contributed by atoms with E-state index in [2.05, 4.69) is 6.92 Å². The quantitative estimate of drug-likeness (QED) is 0.754. The Morgan fingerprint density at radius 3 is 3.07 bits per heavy atom. The Balaban J connectivity index is 2.43. The van der Waals surface area contributed by atoms with Gasteiger partial charge in [-0.25, -0.2) is 4.39 Å². The summed E-state index contributed by atoms with van der Waals surface area (Å²) in [4.78, 5) is 10.2. The summed E-state index contributed by atoms with van der Waals surface area (Å²) >= 11 is 0. The minimum Gasteiger partial charge on any atom is -0.481 e. The van der Waals surface area contributed by atoms with E-state index >= 15 is 0 Å². The molecule has 3 heteroatoms. The van der Waals surface area contributed by atoms with Gasteiger partial charge in [0, 0.05) is 6.42 Å². The van der Waals surface area contributed by atoms with Crippen LogP contribution in [0, 0.1) is 5.92 Å². The lowest BCUT2D eigenvalue weighted by molar-refractivity contribution is -0.138. The van der Waals surface area contributed by atoms with Crippen LogP contribution in [0.1, 0.15) is 26.2 Å². The zero-order valence-electron chi connectivity index (χ0n) is 8.24. The van der Waals surface area contributed by atoms with Crippen LogP contribution in [0.2, 0.25) is 0 Å². The summed E-state index contributed by atoms with van der Waals surface area (Å²) < 4.78 is 13.1. The smallest absolute Gasteiger partial charge is 0.306 e.